The Balaban J connectivity index is 2.80. The van der Waals surface area contributed by atoms with Crippen LogP contribution in [0.5, 0.6) is 0 Å². The third-order valence-electron chi connectivity index (χ3n) is 2.69. The van der Waals surface area contributed by atoms with Gasteiger partial charge in [-0.2, -0.15) is 0 Å². The quantitative estimate of drug-likeness (QED) is 0.724. The number of aliphatic hydroxyl groups is 1. The number of fused-ring (bicyclic) bond motifs is 1. The van der Waals surface area contributed by atoms with Crippen molar-refractivity contribution in [1.82, 2.24) is 0 Å². The van der Waals surface area contributed by atoms with Gasteiger partial charge in [-0.3, -0.25) is 0 Å². The Hall–Kier alpha value is -1.28. The van der Waals surface area contributed by atoms with Crippen LogP contribution in [0.2, 0.25) is 0 Å². The Kier molecular flexibility index (Phi) is 1.85. The Morgan fingerprint density at radius 3 is 2.69 bits per heavy atom. The molecule has 2 nitrogen and oxygen atoms in total. The van der Waals surface area contributed by atoms with Gasteiger partial charge in [0.15, 0.2) is 0 Å². The van der Waals surface area contributed by atoms with Gasteiger partial charge in [-0.25, -0.2) is 0 Å². The normalized spacial score (nSPS) is 11.0. The lowest BCUT2D eigenvalue weighted by atomic mass is 10.1. The Labute approximate surface area is 77.2 Å². The molecule has 0 saturated heterocycles. The summed E-state index contributed by atoms with van der Waals surface area (Å²) >= 11 is 0. The predicted octanol–water partition coefficient (Wildman–Crippen LogP) is 2.49. The smallest absolute Gasteiger partial charge is 0.0982 e. The van der Waals surface area contributed by atoms with E-state index in [1.165, 1.54) is 11.1 Å². The van der Waals surface area contributed by atoms with Crippen LogP contribution in [0, 0.1) is 13.8 Å². The van der Waals surface area contributed by atoms with Crippen LogP contribution in [0.3, 0.4) is 0 Å². The minimum atomic E-state index is 0.0974. The summed E-state index contributed by atoms with van der Waals surface area (Å²) in [7, 11) is 0. The highest BCUT2D eigenvalue weighted by Crippen LogP contribution is 2.35. The summed E-state index contributed by atoms with van der Waals surface area (Å²) in [5.41, 5.74) is 5.58. The number of aliphatic hydroxyl groups excluding tert-OH is 1. The fourth-order valence-corrected chi connectivity index (χ4v) is 1.76. The number of hydrogen-bond donors (Lipinski definition) is 1. The molecule has 0 unspecified atom stereocenters. The molecule has 1 N–H and O–H groups in total. The van der Waals surface area contributed by atoms with Gasteiger partial charge in [-0.15, -0.1) is 0 Å². The van der Waals surface area contributed by atoms with Crippen LogP contribution in [0.1, 0.15) is 16.7 Å². The molecular formula is C11H12O2. The van der Waals surface area contributed by atoms with E-state index in [1.54, 1.807) is 12.5 Å². The van der Waals surface area contributed by atoms with Gasteiger partial charge in [0.25, 0.3) is 0 Å². The molecule has 0 aromatic heterocycles. The summed E-state index contributed by atoms with van der Waals surface area (Å²) < 4.78 is 5.10. The molecule has 2 heteroatoms. The number of rotatable bonds is 1. The first-order valence-corrected chi connectivity index (χ1v) is 4.30. The fraction of sp³-hybridized carbons (Fsp3) is 0.273. The van der Waals surface area contributed by atoms with Crippen molar-refractivity contribution < 1.29 is 9.52 Å². The van der Waals surface area contributed by atoms with Crippen molar-refractivity contribution in [2.24, 2.45) is 0 Å². The molecule has 0 saturated carbocycles. The maximum Gasteiger partial charge on any atom is 0.0982 e. The summed E-state index contributed by atoms with van der Waals surface area (Å²) in [5, 5.41) is 9.20. The molecule has 1 aliphatic heterocycles. The van der Waals surface area contributed by atoms with Crippen molar-refractivity contribution in [3.05, 3.63) is 35.3 Å². The summed E-state index contributed by atoms with van der Waals surface area (Å²) in [6.07, 6.45) is 3.37. The van der Waals surface area contributed by atoms with Crippen LogP contribution in [0.25, 0.3) is 11.1 Å². The summed E-state index contributed by atoms with van der Waals surface area (Å²) in [5.74, 6) is 0. The summed E-state index contributed by atoms with van der Waals surface area (Å²) in [6.45, 7) is 4.17. The van der Waals surface area contributed by atoms with Gasteiger partial charge in [0.05, 0.1) is 19.1 Å². The lowest BCUT2D eigenvalue weighted by Crippen LogP contribution is -1.84. The van der Waals surface area contributed by atoms with E-state index >= 15 is 0 Å². The molecule has 1 aliphatic carbocycles. The van der Waals surface area contributed by atoms with Crippen LogP contribution in [0.15, 0.2) is 23.0 Å². The Morgan fingerprint density at radius 2 is 2.00 bits per heavy atom. The van der Waals surface area contributed by atoms with Gasteiger partial charge in [0.2, 0.25) is 0 Å². The lowest BCUT2D eigenvalue weighted by Gasteiger charge is -1.99. The molecule has 0 aromatic rings. The van der Waals surface area contributed by atoms with E-state index in [9.17, 15) is 5.11 Å². The van der Waals surface area contributed by atoms with Crippen LogP contribution in [-0.4, -0.2) is 5.11 Å². The standard InChI is InChI=1S/C11H12O2/c1-7-8(2)11-6-13-4-3-9(11)10(7)5-12/h3-4,6,12H,5H2,1-2H3. The second kappa shape index (κ2) is 2.89. The highest BCUT2D eigenvalue weighted by atomic mass is 16.3. The topological polar surface area (TPSA) is 33.4 Å². The number of hydrogen-bond acceptors (Lipinski definition) is 2. The maximum atomic E-state index is 9.20. The van der Waals surface area contributed by atoms with Crippen LogP contribution >= 0.6 is 0 Å². The van der Waals surface area contributed by atoms with Gasteiger partial charge in [0.1, 0.15) is 0 Å². The first-order chi connectivity index (χ1) is 6.25. The minimum Gasteiger partial charge on any atom is -0.472 e. The molecular weight excluding hydrogens is 164 g/mol. The molecule has 0 spiro atoms. The van der Waals surface area contributed by atoms with Gasteiger partial charge >= 0.3 is 0 Å². The average molecular weight is 176 g/mol. The predicted molar refractivity (Wildman–Crippen MR) is 50.7 cm³/mol. The van der Waals surface area contributed by atoms with Crippen molar-refractivity contribution in [1.29, 1.82) is 0 Å². The largest absolute Gasteiger partial charge is 0.472 e. The van der Waals surface area contributed by atoms with E-state index in [4.69, 9.17) is 4.42 Å². The highest BCUT2D eigenvalue weighted by molar-refractivity contribution is 5.76. The van der Waals surface area contributed by atoms with E-state index in [0.29, 0.717) is 0 Å². The Morgan fingerprint density at radius 1 is 1.23 bits per heavy atom. The SMILES string of the molecule is Cc1c2coccc-2c(CO)c1C. The third-order valence-corrected chi connectivity index (χ3v) is 2.69. The van der Waals surface area contributed by atoms with Crippen LogP contribution < -0.4 is 0 Å². The van der Waals surface area contributed by atoms with Crippen LogP contribution in [-0.2, 0) is 6.61 Å². The van der Waals surface area contributed by atoms with E-state index < -0.39 is 0 Å². The monoisotopic (exact) mass is 176 g/mol. The highest BCUT2D eigenvalue weighted by Gasteiger charge is 2.16. The molecule has 0 amide bonds. The molecule has 2 rings (SSSR count). The van der Waals surface area contributed by atoms with Crippen molar-refractivity contribution >= 4 is 0 Å². The maximum absolute atomic E-state index is 9.20. The molecule has 1 heterocycles. The zero-order valence-corrected chi connectivity index (χ0v) is 7.79. The molecule has 13 heavy (non-hydrogen) atoms. The van der Waals surface area contributed by atoms with Gasteiger partial charge in [0, 0.05) is 5.56 Å². The molecule has 0 fully saturated rings. The second-order valence-corrected chi connectivity index (χ2v) is 3.27. The average Bonchev–Trinajstić information content (AvgIpc) is 2.41. The minimum absolute atomic E-state index is 0.0974. The summed E-state index contributed by atoms with van der Waals surface area (Å²) in [6, 6.07) is 1.90. The lowest BCUT2D eigenvalue weighted by molar-refractivity contribution is 0.282. The first-order valence-electron chi connectivity index (χ1n) is 4.30. The van der Waals surface area contributed by atoms with Crippen molar-refractivity contribution in [2.45, 2.75) is 20.5 Å². The summed E-state index contributed by atoms with van der Waals surface area (Å²) in [4.78, 5) is 0. The van der Waals surface area contributed by atoms with Gasteiger partial charge < -0.3 is 9.52 Å². The Bertz CT molecular complexity index is 401. The van der Waals surface area contributed by atoms with Crippen molar-refractivity contribution in [3.8, 4) is 11.1 Å². The zero-order valence-electron chi connectivity index (χ0n) is 7.79. The fourth-order valence-electron chi connectivity index (χ4n) is 1.76. The molecule has 0 radical (unpaired) electrons. The molecule has 0 atom stereocenters. The molecule has 0 aromatic carbocycles. The van der Waals surface area contributed by atoms with E-state index in [0.717, 1.165) is 16.7 Å². The van der Waals surface area contributed by atoms with Crippen molar-refractivity contribution in [2.75, 3.05) is 0 Å². The van der Waals surface area contributed by atoms with Crippen LogP contribution in [0.4, 0.5) is 0 Å². The van der Waals surface area contributed by atoms with E-state index in [1.807, 2.05) is 19.9 Å². The first kappa shape index (κ1) is 8.32. The van der Waals surface area contributed by atoms with Gasteiger partial charge in [-0.05, 0) is 42.2 Å². The third kappa shape index (κ3) is 1.06. The van der Waals surface area contributed by atoms with Crippen molar-refractivity contribution in [3.63, 3.8) is 0 Å². The molecule has 2 aliphatic rings. The van der Waals surface area contributed by atoms with E-state index in [-0.39, 0.29) is 6.61 Å². The second-order valence-electron chi connectivity index (χ2n) is 3.27. The zero-order chi connectivity index (χ0) is 9.42. The van der Waals surface area contributed by atoms with Gasteiger partial charge in [-0.1, -0.05) is 0 Å². The molecule has 68 valence electrons. The molecule has 0 bridgehead atoms. The van der Waals surface area contributed by atoms with E-state index in [2.05, 4.69) is 0 Å².